The molecule has 0 saturated heterocycles. The Labute approximate surface area is 149 Å². The van der Waals surface area contributed by atoms with Crippen LogP contribution < -0.4 is 5.73 Å². The number of aryl methyl sites for hydroxylation is 1. The molecule has 0 saturated carbocycles. The number of aromatic nitrogens is 5. The maximum Gasteiger partial charge on any atom is 0.154 e. The topological polar surface area (TPSA) is 82.5 Å². The minimum absolute atomic E-state index is 0.411. The highest BCUT2D eigenvalue weighted by Gasteiger charge is 2.19. The van der Waals surface area contributed by atoms with E-state index in [-0.39, 0.29) is 0 Å². The molecule has 3 heterocycles. The molecule has 0 aliphatic heterocycles. The van der Waals surface area contributed by atoms with Crippen molar-refractivity contribution in [3.8, 4) is 22.0 Å². The summed E-state index contributed by atoms with van der Waals surface area (Å²) < 4.78 is 2.17. The van der Waals surface area contributed by atoms with Crippen LogP contribution in [-0.2, 0) is 6.54 Å². The summed E-state index contributed by atoms with van der Waals surface area (Å²) in [6.45, 7) is 3.09. The van der Waals surface area contributed by atoms with Crippen LogP contribution in [0.5, 0.6) is 0 Å². The highest BCUT2D eigenvalue weighted by Crippen LogP contribution is 2.36. The second-order valence-electron chi connectivity index (χ2n) is 5.79. The van der Waals surface area contributed by atoms with Gasteiger partial charge in [0.2, 0.25) is 0 Å². The molecule has 0 aliphatic rings. The number of imidazole rings is 1. The van der Waals surface area contributed by atoms with Crippen LogP contribution in [0.3, 0.4) is 0 Å². The van der Waals surface area contributed by atoms with Gasteiger partial charge in [-0.3, -0.25) is 0 Å². The Morgan fingerprint density at radius 2 is 1.96 bits per heavy atom. The third-order valence-corrected chi connectivity index (χ3v) is 5.03. The summed E-state index contributed by atoms with van der Waals surface area (Å²) in [5.41, 5.74) is 9.64. The van der Waals surface area contributed by atoms with Gasteiger partial charge in [0, 0.05) is 12.1 Å². The molecule has 4 rings (SSSR count). The molecule has 0 fully saturated rings. The summed E-state index contributed by atoms with van der Waals surface area (Å²) in [7, 11) is 0. The quantitative estimate of drug-likeness (QED) is 0.588. The predicted molar refractivity (Wildman–Crippen MR) is 101 cm³/mol. The number of rotatable bonds is 5. The second kappa shape index (κ2) is 6.60. The van der Waals surface area contributed by atoms with Gasteiger partial charge in [-0.05, 0) is 6.42 Å². The Hall–Kier alpha value is -2.80. The maximum absolute atomic E-state index is 5.96. The van der Waals surface area contributed by atoms with Gasteiger partial charge in [-0.15, -0.1) is 0 Å². The van der Waals surface area contributed by atoms with E-state index in [4.69, 9.17) is 10.7 Å². The molecule has 0 spiro atoms. The molecule has 0 unspecified atom stereocenters. The van der Waals surface area contributed by atoms with Crippen LogP contribution in [-0.4, -0.2) is 24.5 Å². The fourth-order valence-corrected chi connectivity index (χ4v) is 3.76. The summed E-state index contributed by atoms with van der Waals surface area (Å²) in [4.78, 5) is 18.5. The van der Waals surface area contributed by atoms with E-state index >= 15 is 0 Å². The average molecular weight is 350 g/mol. The number of thiazole rings is 1. The van der Waals surface area contributed by atoms with Crippen molar-refractivity contribution < 1.29 is 0 Å². The van der Waals surface area contributed by atoms with Gasteiger partial charge >= 0.3 is 0 Å². The molecule has 1 aromatic carbocycles. The predicted octanol–water partition coefficient (Wildman–Crippen LogP) is 4.00. The van der Waals surface area contributed by atoms with E-state index < -0.39 is 0 Å². The number of unbranched alkanes of at least 4 members (excludes halogenated alkanes) is 1. The maximum atomic E-state index is 5.96. The van der Waals surface area contributed by atoms with Crippen LogP contribution >= 0.6 is 11.3 Å². The van der Waals surface area contributed by atoms with Gasteiger partial charge in [0.1, 0.15) is 27.4 Å². The van der Waals surface area contributed by atoms with Crippen molar-refractivity contribution in [1.82, 2.24) is 24.5 Å². The first-order valence-corrected chi connectivity index (χ1v) is 9.07. The van der Waals surface area contributed by atoms with Crippen molar-refractivity contribution >= 4 is 27.5 Å². The molecule has 126 valence electrons. The van der Waals surface area contributed by atoms with Crippen LogP contribution in [0.1, 0.15) is 19.8 Å². The summed E-state index contributed by atoms with van der Waals surface area (Å²) in [5.74, 6) is 0.411. The monoisotopic (exact) mass is 350 g/mol. The Morgan fingerprint density at radius 1 is 1.12 bits per heavy atom. The third-order valence-electron chi connectivity index (χ3n) is 4.06. The number of nitrogens with zero attached hydrogens (tertiary/aromatic N) is 5. The minimum atomic E-state index is 0.411. The van der Waals surface area contributed by atoms with Crippen LogP contribution in [0.25, 0.3) is 32.3 Å². The van der Waals surface area contributed by atoms with Crippen molar-refractivity contribution in [2.75, 3.05) is 5.73 Å². The van der Waals surface area contributed by atoms with E-state index in [2.05, 4.69) is 38.6 Å². The first-order valence-electron chi connectivity index (χ1n) is 8.26. The molecule has 4 aromatic rings. The Balaban J connectivity index is 1.90. The lowest BCUT2D eigenvalue weighted by Gasteiger charge is -2.07. The highest BCUT2D eigenvalue weighted by molar-refractivity contribution is 7.21. The molecular weight excluding hydrogens is 332 g/mol. The lowest BCUT2D eigenvalue weighted by molar-refractivity contribution is 0.636. The summed E-state index contributed by atoms with van der Waals surface area (Å²) in [6, 6.07) is 10.2. The van der Waals surface area contributed by atoms with E-state index in [0.717, 1.165) is 46.2 Å². The van der Waals surface area contributed by atoms with Crippen molar-refractivity contribution in [3.63, 3.8) is 0 Å². The van der Waals surface area contributed by atoms with E-state index in [1.54, 1.807) is 0 Å². The van der Waals surface area contributed by atoms with Crippen molar-refractivity contribution in [1.29, 1.82) is 0 Å². The molecule has 0 bridgehead atoms. The molecule has 0 atom stereocenters. The van der Waals surface area contributed by atoms with E-state index in [1.165, 1.54) is 17.7 Å². The van der Waals surface area contributed by atoms with Crippen molar-refractivity contribution in [2.24, 2.45) is 0 Å². The van der Waals surface area contributed by atoms with Gasteiger partial charge in [-0.25, -0.2) is 19.9 Å². The van der Waals surface area contributed by atoms with Crippen LogP contribution in [0.2, 0.25) is 0 Å². The molecule has 3 aromatic heterocycles. The van der Waals surface area contributed by atoms with E-state index in [9.17, 15) is 0 Å². The smallest absolute Gasteiger partial charge is 0.154 e. The number of hydrogen-bond donors (Lipinski definition) is 1. The third kappa shape index (κ3) is 2.87. The average Bonchev–Trinajstić information content (AvgIpc) is 3.25. The summed E-state index contributed by atoms with van der Waals surface area (Å²) in [6.07, 6.45) is 5.58. The van der Waals surface area contributed by atoms with Gasteiger partial charge in [0.15, 0.2) is 5.82 Å². The Kier molecular flexibility index (Phi) is 4.15. The zero-order chi connectivity index (χ0) is 17.2. The van der Waals surface area contributed by atoms with E-state index in [0.29, 0.717) is 11.3 Å². The molecule has 0 amide bonds. The first kappa shape index (κ1) is 15.7. The summed E-state index contributed by atoms with van der Waals surface area (Å²) in [5, 5.41) is 0.870. The molecule has 7 heteroatoms. The van der Waals surface area contributed by atoms with Crippen LogP contribution in [0.15, 0.2) is 43.0 Å². The molecule has 0 aliphatic carbocycles. The minimum Gasteiger partial charge on any atom is -0.382 e. The largest absolute Gasteiger partial charge is 0.382 e. The molecular formula is C18H18N6S. The van der Waals surface area contributed by atoms with Gasteiger partial charge in [-0.1, -0.05) is 55.0 Å². The highest BCUT2D eigenvalue weighted by atomic mass is 32.1. The lowest BCUT2D eigenvalue weighted by atomic mass is 10.1. The molecule has 0 radical (unpaired) electrons. The van der Waals surface area contributed by atoms with Crippen molar-refractivity contribution in [3.05, 3.63) is 43.0 Å². The lowest BCUT2D eigenvalue weighted by Crippen LogP contribution is -1.99. The SMILES string of the molecule is CCCCn1cnc(-c2ccccc2)c1-c1nc2c(N)ncnc2s1. The number of hydrogen-bond acceptors (Lipinski definition) is 6. The zero-order valence-electron chi connectivity index (χ0n) is 13.9. The summed E-state index contributed by atoms with van der Waals surface area (Å²) >= 11 is 1.52. The molecule has 6 nitrogen and oxygen atoms in total. The first-order chi connectivity index (χ1) is 12.3. The van der Waals surface area contributed by atoms with Gasteiger partial charge in [-0.2, -0.15) is 0 Å². The fraction of sp³-hybridized carbons (Fsp3) is 0.222. The van der Waals surface area contributed by atoms with Crippen LogP contribution in [0.4, 0.5) is 5.82 Å². The number of benzene rings is 1. The Morgan fingerprint density at radius 3 is 2.72 bits per heavy atom. The number of nitrogen functional groups attached to an aromatic ring is 1. The van der Waals surface area contributed by atoms with Crippen molar-refractivity contribution in [2.45, 2.75) is 26.3 Å². The molecule has 25 heavy (non-hydrogen) atoms. The number of nitrogens with two attached hydrogens (primary N) is 1. The number of fused-ring (bicyclic) bond motifs is 1. The standard InChI is InChI=1S/C18H18N6S/c1-2-3-9-24-11-22-13(12-7-5-4-6-8-12)15(24)18-23-14-16(19)20-10-21-17(14)25-18/h4-8,10-11H,2-3,9H2,1H3,(H2,19,20,21). The van der Waals surface area contributed by atoms with Gasteiger partial charge in [0.05, 0.1) is 12.0 Å². The second-order valence-corrected chi connectivity index (χ2v) is 6.76. The van der Waals surface area contributed by atoms with Gasteiger partial charge < -0.3 is 10.3 Å². The Bertz CT molecular complexity index is 1010. The van der Waals surface area contributed by atoms with Gasteiger partial charge in [0.25, 0.3) is 0 Å². The number of anilines is 1. The van der Waals surface area contributed by atoms with Crippen LogP contribution in [0, 0.1) is 0 Å². The fourth-order valence-electron chi connectivity index (χ4n) is 2.78. The van der Waals surface area contributed by atoms with E-state index in [1.807, 2.05) is 24.5 Å². The normalized spacial score (nSPS) is 11.2. The molecule has 2 N–H and O–H groups in total. The zero-order valence-corrected chi connectivity index (χ0v) is 14.7.